The van der Waals surface area contributed by atoms with Crippen LogP contribution in [0.1, 0.15) is 18.6 Å². The lowest BCUT2D eigenvalue weighted by Crippen LogP contribution is -2.19. The summed E-state index contributed by atoms with van der Waals surface area (Å²) in [5, 5.41) is 28.8. The summed E-state index contributed by atoms with van der Waals surface area (Å²) in [5.74, 6) is -1.72. The zero-order chi connectivity index (χ0) is 20.3. The minimum atomic E-state index is -1.20. The lowest BCUT2D eigenvalue weighted by atomic mass is 10.0. The highest BCUT2D eigenvalue weighted by Gasteiger charge is 2.17. The average molecular weight is 388 g/mol. The van der Waals surface area contributed by atoms with Crippen molar-refractivity contribution in [2.24, 2.45) is 0 Å². The van der Waals surface area contributed by atoms with Gasteiger partial charge in [0.05, 0.1) is 18.6 Å². The number of furan rings is 1. The molecule has 0 aliphatic carbocycles. The van der Waals surface area contributed by atoms with E-state index in [-0.39, 0.29) is 6.42 Å². The van der Waals surface area contributed by atoms with Gasteiger partial charge in [-0.15, -0.1) is 0 Å². The van der Waals surface area contributed by atoms with E-state index in [2.05, 4.69) is 0 Å². The Balaban J connectivity index is 1.95. The van der Waals surface area contributed by atoms with Crippen LogP contribution in [0, 0.1) is 11.6 Å². The Hall–Kier alpha value is -3.03. The maximum atomic E-state index is 13.7. The van der Waals surface area contributed by atoms with E-state index in [1.807, 2.05) is 0 Å². The maximum absolute atomic E-state index is 13.7. The van der Waals surface area contributed by atoms with Crippen LogP contribution >= 0.6 is 0 Å². The number of aliphatic hydroxyl groups is 2. The van der Waals surface area contributed by atoms with Crippen molar-refractivity contribution in [1.82, 2.24) is 0 Å². The van der Waals surface area contributed by atoms with Crippen molar-refractivity contribution in [3.8, 4) is 11.1 Å². The van der Waals surface area contributed by atoms with Crippen LogP contribution in [0.3, 0.4) is 0 Å². The highest BCUT2D eigenvalue weighted by Crippen LogP contribution is 2.36. The third-order valence-corrected chi connectivity index (χ3v) is 4.20. The number of hydrogen-bond acceptors (Lipinski definition) is 4. The smallest absolute Gasteiger partial charge is 0.305 e. The lowest BCUT2D eigenvalue weighted by Gasteiger charge is -2.10. The fraction of sp³-hybridized carbons (Fsp3) is 0.190. The number of hydrogen-bond donors (Lipinski definition) is 3. The van der Waals surface area contributed by atoms with E-state index < -0.39 is 36.2 Å². The first-order chi connectivity index (χ1) is 13.3. The Labute approximate surface area is 159 Å². The summed E-state index contributed by atoms with van der Waals surface area (Å²) >= 11 is 0. The molecule has 3 N–H and O–H groups in total. The van der Waals surface area contributed by atoms with Gasteiger partial charge in [0.15, 0.2) is 0 Å². The van der Waals surface area contributed by atoms with Crippen LogP contribution in [0.25, 0.3) is 28.2 Å². The van der Waals surface area contributed by atoms with Crippen LogP contribution in [0.5, 0.6) is 0 Å². The minimum absolute atomic E-state index is 0.163. The van der Waals surface area contributed by atoms with E-state index in [1.54, 1.807) is 0 Å². The molecule has 1 aromatic heterocycles. The van der Waals surface area contributed by atoms with Crippen LogP contribution in [0.15, 0.2) is 53.0 Å². The van der Waals surface area contributed by atoms with E-state index in [0.29, 0.717) is 27.9 Å². The van der Waals surface area contributed by atoms with Crippen LogP contribution in [0.2, 0.25) is 0 Å². The van der Waals surface area contributed by atoms with Gasteiger partial charge in [-0.05, 0) is 42.0 Å². The van der Waals surface area contributed by atoms with Gasteiger partial charge in [-0.2, -0.15) is 0 Å². The summed E-state index contributed by atoms with van der Waals surface area (Å²) in [7, 11) is 0. The van der Waals surface area contributed by atoms with Crippen molar-refractivity contribution in [2.45, 2.75) is 25.0 Å². The predicted octanol–water partition coefficient (Wildman–Crippen LogP) is 3.98. The van der Waals surface area contributed by atoms with E-state index >= 15 is 0 Å². The average Bonchev–Trinajstić information content (AvgIpc) is 2.97. The number of aliphatic hydroxyl groups excluding tert-OH is 2. The number of carbonyl (C=O) groups is 1. The molecule has 1 heterocycles. The van der Waals surface area contributed by atoms with Crippen LogP contribution < -0.4 is 0 Å². The number of rotatable bonds is 7. The van der Waals surface area contributed by atoms with Gasteiger partial charge in [0.1, 0.15) is 23.0 Å². The molecule has 0 radical (unpaired) electrons. The third kappa shape index (κ3) is 4.62. The molecule has 0 bridgehead atoms. The van der Waals surface area contributed by atoms with Crippen molar-refractivity contribution >= 4 is 23.0 Å². The molecule has 0 fully saturated rings. The third-order valence-electron chi connectivity index (χ3n) is 4.20. The summed E-state index contributed by atoms with van der Waals surface area (Å²) in [6, 6.07) is 9.66. The Kier molecular flexibility index (Phi) is 5.87. The highest BCUT2D eigenvalue weighted by atomic mass is 19.1. The Bertz CT molecular complexity index is 1010. The van der Waals surface area contributed by atoms with Gasteiger partial charge < -0.3 is 19.7 Å². The summed E-state index contributed by atoms with van der Waals surface area (Å²) in [5.41, 5.74) is 1.55. The molecule has 3 rings (SSSR count). The number of aliphatic carboxylic acids is 1. The number of benzene rings is 2. The molecule has 2 unspecified atom stereocenters. The van der Waals surface area contributed by atoms with E-state index in [0.717, 1.165) is 0 Å². The molecule has 0 saturated carbocycles. The molecule has 2 atom stereocenters. The SMILES string of the molecule is O=C(O)CC(O)CC(O)/C=C/c1oc2ccc(F)cc2c1-c1ccc(F)cc1. The molecule has 3 aromatic rings. The Morgan fingerprint density at radius 2 is 1.75 bits per heavy atom. The Morgan fingerprint density at radius 1 is 1.07 bits per heavy atom. The summed E-state index contributed by atoms with van der Waals surface area (Å²) in [6.07, 6.45) is -0.126. The first-order valence-corrected chi connectivity index (χ1v) is 8.57. The predicted molar refractivity (Wildman–Crippen MR) is 99.5 cm³/mol. The largest absolute Gasteiger partial charge is 0.481 e. The fourth-order valence-corrected chi connectivity index (χ4v) is 2.96. The maximum Gasteiger partial charge on any atom is 0.305 e. The summed E-state index contributed by atoms with van der Waals surface area (Å²) in [4.78, 5) is 10.6. The zero-order valence-corrected chi connectivity index (χ0v) is 14.7. The monoisotopic (exact) mass is 388 g/mol. The second-order valence-electron chi connectivity index (χ2n) is 6.40. The second kappa shape index (κ2) is 8.33. The second-order valence-corrected chi connectivity index (χ2v) is 6.40. The normalized spacial score (nSPS) is 13.9. The van der Waals surface area contributed by atoms with Crippen LogP contribution in [0.4, 0.5) is 8.78 Å². The molecule has 7 heteroatoms. The van der Waals surface area contributed by atoms with Gasteiger partial charge >= 0.3 is 5.97 Å². The summed E-state index contributed by atoms with van der Waals surface area (Å²) < 4.78 is 32.8. The standard InChI is InChI=1S/C21H18F2O5/c22-13-3-1-12(2-4-13)21-17-9-14(23)5-7-18(17)28-19(21)8-6-15(24)10-16(25)11-20(26)27/h1-9,15-16,24-25H,10-11H2,(H,26,27)/b8-6+. The highest BCUT2D eigenvalue weighted by molar-refractivity contribution is 5.98. The van der Waals surface area contributed by atoms with Crippen LogP contribution in [-0.4, -0.2) is 33.5 Å². The molecule has 0 spiro atoms. The number of carboxylic acid groups (broad SMARTS) is 1. The minimum Gasteiger partial charge on any atom is -0.481 e. The molecule has 0 amide bonds. The molecule has 5 nitrogen and oxygen atoms in total. The zero-order valence-electron chi connectivity index (χ0n) is 14.7. The van der Waals surface area contributed by atoms with Gasteiger partial charge in [-0.1, -0.05) is 18.2 Å². The first-order valence-electron chi connectivity index (χ1n) is 8.57. The Morgan fingerprint density at radius 3 is 2.43 bits per heavy atom. The van der Waals surface area contributed by atoms with Crippen molar-refractivity contribution in [3.63, 3.8) is 0 Å². The topological polar surface area (TPSA) is 90.9 Å². The lowest BCUT2D eigenvalue weighted by molar-refractivity contribution is -0.139. The number of halogens is 2. The first kappa shape index (κ1) is 19.7. The fourth-order valence-electron chi connectivity index (χ4n) is 2.96. The van der Waals surface area contributed by atoms with Gasteiger partial charge in [0.2, 0.25) is 0 Å². The molecule has 146 valence electrons. The van der Waals surface area contributed by atoms with Crippen molar-refractivity contribution in [3.05, 3.63) is 65.9 Å². The number of carboxylic acids is 1. The van der Waals surface area contributed by atoms with Gasteiger partial charge in [-0.3, -0.25) is 4.79 Å². The number of fused-ring (bicyclic) bond motifs is 1. The van der Waals surface area contributed by atoms with E-state index in [9.17, 15) is 23.8 Å². The van der Waals surface area contributed by atoms with Crippen molar-refractivity contribution in [2.75, 3.05) is 0 Å². The van der Waals surface area contributed by atoms with E-state index in [1.165, 1.54) is 54.6 Å². The van der Waals surface area contributed by atoms with Gasteiger partial charge in [0.25, 0.3) is 0 Å². The molecule has 0 aliphatic rings. The molecule has 2 aromatic carbocycles. The molecule has 28 heavy (non-hydrogen) atoms. The van der Waals surface area contributed by atoms with Gasteiger partial charge in [-0.25, -0.2) is 8.78 Å². The summed E-state index contributed by atoms with van der Waals surface area (Å²) in [6.45, 7) is 0. The quantitative estimate of drug-likeness (QED) is 0.570. The molecule has 0 aliphatic heterocycles. The molecular formula is C21H18F2O5. The molecular weight excluding hydrogens is 370 g/mol. The molecule has 0 saturated heterocycles. The van der Waals surface area contributed by atoms with Crippen molar-refractivity contribution in [1.29, 1.82) is 0 Å². The van der Waals surface area contributed by atoms with Crippen LogP contribution in [-0.2, 0) is 4.79 Å². The van der Waals surface area contributed by atoms with E-state index in [4.69, 9.17) is 9.52 Å². The van der Waals surface area contributed by atoms with Crippen molar-refractivity contribution < 1.29 is 33.3 Å². The van der Waals surface area contributed by atoms with Gasteiger partial charge in [0, 0.05) is 17.4 Å².